The normalized spacial score (nSPS) is 12.2. The highest BCUT2D eigenvalue weighted by Crippen LogP contribution is 2.34. The fourth-order valence-electron chi connectivity index (χ4n) is 3.67. The van der Waals surface area contributed by atoms with Gasteiger partial charge in [0.1, 0.15) is 0 Å². The Morgan fingerprint density at radius 1 is 0.458 bits per heavy atom. The SMILES string of the molecule is c1ccc2cc3cc4cc5c(ccc6ooc65)cc4cc3cc2c1. The Labute approximate surface area is 136 Å². The summed E-state index contributed by atoms with van der Waals surface area (Å²) in [4.78, 5) is 0. The van der Waals surface area contributed by atoms with Crippen LogP contribution >= 0.6 is 0 Å². The standard InChI is InChI=1S/C22H12O2/c1-2-4-14-8-17-11-19-12-20-15(5-6-21-22(20)24-23-21)9-18(19)10-16(17)7-13(14)3-1/h1-12H. The van der Waals surface area contributed by atoms with Gasteiger partial charge < -0.3 is 0 Å². The summed E-state index contributed by atoms with van der Waals surface area (Å²) >= 11 is 0. The van der Waals surface area contributed by atoms with Crippen molar-refractivity contribution in [3.63, 3.8) is 0 Å². The highest BCUT2D eigenvalue weighted by Gasteiger charge is 2.11. The molecule has 0 fully saturated rings. The lowest BCUT2D eigenvalue weighted by atomic mass is 9.97. The lowest BCUT2D eigenvalue weighted by Gasteiger charge is -2.08. The van der Waals surface area contributed by atoms with Crippen molar-refractivity contribution in [1.29, 1.82) is 0 Å². The van der Waals surface area contributed by atoms with Gasteiger partial charge in [0.2, 0.25) is 11.2 Å². The maximum atomic E-state index is 5.18. The van der Waals surface area contributed by atoms with E-state index < -0.39 is 0 Å². The molecule has 0 radical (unpaired) electrons. The molecule has 0 saturated heterocycles. The smallest absolute Gasteiger partial charge is 0.233 e. The van der Waals surface area contributed by atoms with Gasteiger partial charge in [-0.25, -0.2) is 0 Å². The molecule has 1 heterocycles. The zero-order chi connectivity index (χ0) is 15.7. The van der Waals surface area contributed by atoms with Crippen molar-refractivity contribution in [3.8, 4) is 0 Å². The topological polar surface area (TPSA) is 26.3 Å². The van der Waals surface area contributed by atoms with Crippen molar-refractivity contribution in [2.45, 2.75) is 0 Å². The van der Waals surface area contributed by atoms with Crippen LogP contribution < -0.4 is 0 Å². The first-order chi connectivity index (χ1) is 11.8. The third-order valence-corrected chi connectivity index (χ3v) is 4.93. The summed E-state index contributed by atoms with van der Waals surface area (Å²) in [6.07, 6.45) is 0. The largest absolute Gasteiger partial charge is 0.286 e. The Balaban J connectivity index is 1.77. The lowest BCUT2D eigenvalue weighted by Crippen LogP contribution is -1.83. The molecular formula is C22H12O2. The summed E-state index contributed by atoms with van der Waals surface area (Å²) in [5.41, 5.74) is 1.65. The van der Waals surface area contributed by atoms with Crippen molar-refractivity contribution < 1.29 is 9.15 Å². The molecule has 0 aliphatic heterocycles. The first-order valence-corrected chi connectivity index (χ1v) is 8.03. The molecule has 24 heavy (non-hydrogen) atoms. The quantitative estimate of drug-likeness (QED) is 0.232. The van der Waals surface area contributed by atoms with Gasteiger partial charge in [0, 0.05) is 5.39 Å². The van der Waals surface area contributed by atoms with Crippen molar-refractivity contribution in [2.24, 2.45) is 0 Å². The molecule has 0 bridgehead atoms. The summed E-state index contributed by atoms with van der Waals surface area (Å²) in [5.74, 6) is 0. The van der Waals surface area contributed by atoms with E-state index in [0.29, 0.717) is 0 Å². The van der Waals surface area contributed by atoms with Crippen LogP contribution in [0.3, 0.4) is 0 Å². The van der Waals surface area contributed by atoms with E-state index in [1.165, 1.54) is 37.7 Å². The fraction of sp³-hybridized carbons (Fsp3) is 0. The van der Waals surface area contributed by atoms with Crippen LogP contribution in [0.15, 0.2) is 81.9 Å². The molecular weight excluding hydrogens is 296 g/mol. The van der Waals surface area contributed by atoms with Crippen LogP contribution in [0.5, 0.6) is 0 Å². The summed E-state index contributed by atoms with van der Waals surface area (Å²) in [5, 5.41) is 9.80. The van der Waals surface area contributed by atoms with Gasteiger partial charge in [-0.3, -0.25) is 9.15 Å². The summed E-state index contributed by atoms with van der Waals surface area (Å²) in [6, 6.07) is 26.0. The summed E-state index contributed by atoms with van der Waals surface area (Å²) < 4.78 is 10.2. The highest BCUT2D eigenvalue weighted by atomic mass is 17.0. The van der Waals surface area contributed by atoms with Gasteiger partial charge in [0.05, 0.1) is 0 Å². The minimum Gasteiger partial charge on any atom is -0.286 e. The van der Waals surface area contributed by atoms with E-state index in [1.807, 2.05) is 6.07 Å². The van der Waals surface area contributed by atoms with Crippen LogP contribution in [-0.4, -0.2) is 0 Å². The van der Waals surface area contributed by atoms with E-state index in [2.05, 4.69) is 66.7 Å². The highest BCUT2D eigenvalue weighted by molar-refractivity contribution is 6.12. The van der Waals surface area contributed by atoms with Gasteiger partial charge in [-0.15, -0.1) is 0 Å². The second-order valence-electron chi connectivity index (χ2n) is 6.38. The first kappa shape index (κ1) is 12.2. The van der Waals surface area contributed by atoms with E-state index in [0.717, 1.165) is 16.6 Å². The fourth-order valence-corrected chi connectivity index (χ4v) is 3.67. The molecule has 6 aromatic rings. The second kappa shape index (κ2) is 4.18. The zero-order valence-electron chi connectivity index (χ0n) is 12.7. The average molecular weight is 308 g/mol. The predicted molar refractivity (Wildman–Crippen MR) is 98.5 cm³/mol. The third-order valence-electron chi connectivity index (χ3n) is 4.93. The maximum Gasteiger partial charge on any atom is 0.233 e. The monoisotopic (exact) mass is 308 g/mol. The Bertz CT molecular complexity index is 1400. The molecule has 6 rings (SSSR count). The van der Waals surface area contributed by atoms with Gasteiger partial charge in [-0.2, -0.15) is 0 Å². The Kier molecular flexibility index (Phi) is 2.12. The van der Waals surface area contributed by atoms with Crippen molar-refractivity contribution in [1.82, 2.24) is 0 Å². The molecule has 5 aromatic carbocycles. The second-order valence-corrected chi connectivity index (χ2v) is 6.38. The molecule has 0 aliphatic rings. The number of fused-ring (bicyclic) bond motifs is 6. The Hall–Kier alpha value is -3.26. The molecule has 2 nitrogen and oxygen atoms in total. The van der Waals surface area contributed by atoms with Gasteiger partial charge >= 0.3 is 0 Å². The summed E-state index contributed by atoms with van der Waals surface area (Å²) in [6.45, 7) is 0. The van der Waals surface area contributed by atoms with Crippen LogP contribution in [0.4, 0.5) is 0 Å². The average Bonchev–Trinajstić information content (AvgIpc) is 2.57. The number of hydrogen-bond donors (Lipinski definition) is 0. The molecule has 0 aliphatic carbocycles. The van der Waals surface area contributed by atoms with Crippen molar-refractivity contribution in [3.05, 3.63) is 72.8 Å². The number of hydrogen-bond acceptors (Lipinski definition) is 2. The van der Waals surface area contributed by atoms with Crippen LogP contribution in [0.1, 0.15) is 0 Å². The summed E-state index contributed by atoms with van der Waals surface area (Å²) in [7, 11) is 0. The molecule has 1 aromatic heterocycles. The molecule has 2 heteroatoms. The third kappa shape index (κ3) is 1.55. The molecule has 112 valence electrons. The molecule has 0 unspecified atom stereocenters. The van der Waals surface area contributed by atoms with Crippen molar-refractivity contribution >= 4 is 54.3 Å². The van der Waals surface area contributed by atoms with Crippen LogP contribution in [0.2, 0.25) is 0 Å². The van der Waals surface area contributed by atoms with Crippen molar-refractivity contribution in [2.75, 3.05) is 0 Å². The maximum absolute atomic E-state index is 5.18. The molecule has 0 amide bonds. The Morgan fingerprint density at radius 2 is 1.04 bits per heavy atom. The lowest BCUT2D eigenvalue weighted by molar-refractivity contribution is 0.0603. The van der Waals surface area contributed by atoms with E-state index in [-0.39, 0.29) is 0 Å². The minimum absolute atomic E-state index is 0.814. The van der Waals surface area contributed by atoms with Gasteiger partial charge in [0.15, 0.2) is 0 Å². The Morgan fingerprint density at radius 3 is 1.67 bits per heavy atom. The molecule has 0 spiro atoms. The number of rotatable bonds is 0. The van der Waals surface area contributed by atoms with Gasteiger partial charge in [0.25, 0.3) is 0 Å². The zero-order valence-corrected chi connectivity index (χ0v) is 12.7. The van der Waals surface area contributed by atoms with Crippen LogP contribution in [0.25, 0.3) is 54.3 Å². The van der Waals surface area contributed by atoms with E-state index in [1.54, 1.807) is 0 Å². The minimum atomic E-state index is 0.814. The van der Waals surface area contributed by atoms with E-state index >= 15 is 0 Å². The molecule has 0 N–H and O–H groups in total. The number of benzene rings is 5. The molecule has 0 saturated carbocycles. The van der Waals surface area contributed by atoms with Gasteiger partial charge in [-0.1, -0.05) is 30.3 Å². The van der Waals surface area contributed by atoms with E-state index in [4.69, 9.17) is 9.15 Å². The van der Waals surface area contributed by atoms with Crippen LogP contribution in [-0.2, 0) is 0 Å². The first-order valence-electron chi connectivity index (χ1n) is 8.03. The van der Waals surface area contributed by atoms with Gasteiger partial charge in [-0.05, 0) is 80.2 Å². The van der Waals surface area contributed by atoms with Crippen LogP contribution in [0, 0.1) is 0 Å². The molecule has 0 atom stereocenters. The predicted octanol–water partition coefficient (Wildman–Crippen LogP) is 6.64. The van der Waals surface area contributed by atoms with E-state index in [9.17, 15) is 0 Å².